The standard InChI is InChI=1S/C10H8ClF3O2/c1-6(15)9(11)7-2-4-8(5-3-7)16-10(12,13)14/h2-5,9H,1H3. The van der Waals surface area contributed by atoms with Crippen LogP contribution in [0.5, 0.6) is 5.75 Å². The lowest BCUT2D eigenvalue weighted by atomic mass is 10.1. The Kier molecular flexibility index (Phi) is 3.80. The molecule has 0 aliphatic rings. The third kappa shape index (κ3) is 3.73. The molecule has 0 spiro atoms. The molecule has 0 saturated carbocycles. The number of halogens is 4. The summed E-state index contributed by atoms with van der Waals surface area (Å²) in [4.78, 5) is 10.9. The number of carbonyl (C=O) groups is 1. The van der Waals surface area contributed by atoms with Crippen molar-refractivity contribution >= 4 is 17.4 Å². The van der Waals surface area contributed by atoms with Crippen molar-refractivity contribution < 1.29 is 22.7 Å². The Bertz CT molecular complexity index is 373. The molecule has 0 saturated heterocycles. The summed E-state index contributed by atoms with van der Waals surface area (Å²) in [5.74, 6) is -0.616. The molecule has 1 aromatic rings. The zero-order valence-electron chi connectivity index (χ0n) is 8.22. The fraction of sp³-hybridized carbons (Fsp3) is 0.300. The minimum atomic E-state index is -4.72. The van der Waals surface area contributed by atoms with Gasteiger partial charge in [0.05, 0.1) is 0 Å². The molecule has 0 fully saturated rings. The highest BCUT2D eigenvalue weighted by atomic mass is 35.5. The van der Waals surface area contributed by atoms with Crippen molar-refractivity contribution in [3.8, 4) is 5.75 Å². The molecule has 0 aromatic heterocycles. The third-order valence-corrected chi connectivity index (χ3v) is 2.32. The van der Waals surface area contributed by atoms with Crippen LogP contribution in [-0.2, 0) is 4.79 Å². The highest BCUT2D eigenvalue weighted by Gasteiger charge is 2.31. The Labute approximate surface area is 95.0 Å². The van der Waals surface area contributed by atoms with Gasteiger partial charge in [-0.15, -0.1) is 24.8 Å². The van der Waals surface area contributed by atoms with E-state index in [1.54, 1.807) is 0 Å². The molecule has 88 valence electrons. The van der Waals surface area contributed by atoms with Crippen LogP contribution in [0.15, 0.2) is 24.3 Å². The largest absolute Gasteiger partial charge is 0.573 e. The summed E-state index contributed by atoms with van der Waals surface area (Å²) in [6, 6.07) is 4.86. The smallest absolute Gasteiger partial charge is 0.406 e. The van der Waals surface area contributed by atoms with Gasteiger partial charge in [-0.05, 0) is 24.6 Å². The van der Waals surface area contributed by atoms with Gasteiger partial charge in [-0.3, -0.25) is 4.79 Å². The highest BCUT2D eigenvalue weighted by Crippen LogP contribution is 2.26. The van der Waals surface area contributed by atoms with Gasteiger partial charge >= 0.3 is 6.36 Å². The summed E-state index contributed by atoms with van der Waals surface area (Å²) in [5, 5.41) is -0.847. The molecule has 1 unspecified atom stereocenters. The molecule has 1 atom stereocenters. The van der Waals surface area contributed by atoms with Crippen LogP contribution in [0.1, 0.15) is 17.9 Å². The van der Waals surface area contributed by atoms with E-state index in [0.717, 1.165) is 12.1 Å². The molecule has 6 heteroatoms. The average Bonchev–Trinajstić information content (AvgIpc) is 2.15. The number of ketones is 1. The molecular weight excluding hydrogens is 245 g/mol. The van der Waals surface area contributed by atoms with Crippen LogP contribution < -0.4 is 4.74 Å². The Morgan fingerprint density at radius 2 is 1.81 bits per heavy atom. The fourth-order valence-electron chi connectivity index (χ4n) is 1.07. The van der Waals surface area contributed by atoms with Crippen LogP contribution in [0.25, 0.3) is 0 Å². The predicted molar refractivity (Wildman–Crippen MR) is 52.4 cm³/mol. The van der Waals surface area contributed by atoms with Crippen LogP contribution in [-0.4, -0.2) is 12.1 Å². The summed E-state index contributed by atoms with van der Waals surface area (Å²) in [6.45, 7) is 1.30. The minimum absolute atomic E-state index is 0.272. The molecule has 0 amide bonds. The number of rotatable bonds is 3. The Hall–Kier alpha value is -1.23. The Morgan fingerprint density at radius 3 is 2.19 bits per heavy atom. The first-order chi connectivity index (χ1) is 7.29. The normalized spacial score (nSPS) is 13.3. The molecule has 0 heterocycles. The predicted octanol–water partition coefficient (Wildman–Crippen LogP) is 3.45. The lowest BCUT2D eigenvalue weighted by molar-refractivity contribution is -0.274. The molecule has 1 rings (SSSR count). The van der Waals surface area contributed by atoms with E-state index < -0.39 is 11.7 Å². The highest BCUT2D eigenvalue weighted by molar-refractivity contribution is 6.30. The van der Waals surface area contributed by atoms with E-state index in [2.05, 4.69) is 4.74 Å². The van der Waals surface area contributed by atoms with Gasteiger partial charge in [0.2, 0.25) is 0 Å². The van der Waals surface area contributed by atoms with Gasteiger partial charge in [0.25, 0.3) is 0 Å². The van der Waals surface area contributed by atoms with Crippen molar-refractivity contribution in [2.75, 3.05) is 0 Å². The number of hydrogen-bond donors (Lipinski definition) is 0. The van der Waals surface area contributed by atoms with Crippen LogP contribution in [0.2, 0.25) is 0 Å². The average molecular weight is 253 g/mol. The summed E-state index contributed by atoms with van der Waals surface area (Å²) in [6.07, 6.45) is -4.72. The van der Waals surface area contributed by atoms with Gasteiger partial charge in [-0.1, -0.05) is 12.1 Å². The first-order valence-electron chi connectivity index (χ1n) is 4.30. The first-order valence-corrected chi connectivity index (χ1v) is 4.73. The van der Waals surface area contributed by atoms with Crippen LogP contribution in [0.3, 0.4) is 0 Å². The molecular formula is C10H8ClF3O2. The number of ether oxygens (including phenoxy) is 1. The molecule has 16 heavy (non-hydrogen) atoms. The van der Waals surface area contributed by atoms with Gasteiger partial charge < -0.3 is 4.74 Å². The van der Waals surface area contributed by atoms with Crippen molar-refractivity contribution in [3.63, 3.8) is 0 Å². The Balaban J connectivity index is 2.79. The number of benzene rings is 1. The topological polar surface area (TPSA) is 26.3 Å². The zero-order valence-corrected chi connectivity index (χ0v) is 8.97. The number of carbonyl (C=O) groups excluding carboxylic acids is 1. The lowest BCUT2D eigenvalue weighted by Crippen LogP contribution is -2.17. The van der Waals surface area contributed by atoms with E-state index in [1.807, 2.05) is 0 Å². The SMILES string of the molecule is CC(=O)C(Cl)c1ccc(OC(F)(F)F)cc1. The van der Waals surface area contributed by atoms with E-state index in [-0.39, 0.29) is 11.5 Å². The summed E-state index contributed by atoms with van der Waals surface area (Å²) in [5.41, 5.74) is 0.434. The fourth-order valence-corrected chi connectivity index (χ4v) is 1.22. The monoisotopic (exact) mass is 252 g/mol. The van der Waals surface area contributed by atoms with E-state index in [0.29, 0.717) is 5.56 Å². The van der Waals surface area contributed by atoms with Crippen molar-refractivity contribution in [1.82, 2.24) is 0 Å². The van der Waals surface area contributed by atoms with Gasteiger partial charge in [0.15, 0.2) is 5.78 Å². The van der Waals surface area contributed by atoms with E-state index in [4.69, 9.17) is 11.6 Å². The molecule has 0 bridgehead atoms. The van der Waals surface area contributed by atoms with Crippen molar-refractivity contribution in [2.45, 2.75) is 18.7 Å². The van der Waals surface area contributed by atoms with Crippen molar-refractivity contribution in [3.05, 3.63) is 29.8 Å². The van der Waals surface area contributed by atoms with E-state index in [1.165, 1.54) is 19.1 Å². The molecule has 0 N–H and O–H groups in total. The summed E-state index contributed by atoms with van der Waals surface area (Å²) >= 11 is 5.71. The van der Waals surface area contributed by atoms with Crippen molar-refractivity contribution in [1.29, 1.82) is 0 Å². The van der Waals surface area contributed by atoms with Gasteiger partial charge in [0.1, 0.15) is 11.1 Å². The third-order valence-electron chi connectivity index (χ3n) is 1.76. The van der Waals surface area contributed by atoms with Gasteiger partial charge in [-0.25, -0.2) is 0 Å². The van der Waals surface area contributed by atoms with Gasteiger partial charge in [-0.2, -0.15) is 0 Å². The van der Waals surface area contributed by atoms with Crippen LogP contribution >= 0.6 is 11.6 Å². The Morgan fingerprint density at radius 1 is 1.31 bits per heavy atom. The number of alkyl halides is 4. The van der Waals surface area contributed by atoms with Crippen molar-refractivity contribution in [2.24, 2.45) is 0 Å². The maximum atomic E-state index is 11.8. The number of hydrogen-bond acceptors (Lipinski definition) is 2. The molecule has 0 aliphatic heterocycles. The van der Waals surface area contributed by atoms with Crippen LogP contribution in [0, 0.1) is 0 Å². The first kappa shape index (κ1) is 12.8. The quantitative estimate of drug-likeness (QED) is 0.770. The zero-order chi connectivity index (χ0) is 12.3. The number of Topliss-reactive ketones (excluding diaryl/α,β-unsaturated/α-hetero) is 1. The second kappa shape index (κ2) is 4.74. The molecule has 0 radical (unpaired) electrons. The van der Waals surface area contributed by atoms with Crippen LogP contribution in [0.4, 0.5) is 13.2 Å². The van der Waals surface area contributed by atoms with E-state index in [9.17, 15) is 18.0 Å². The second-order valence-corrected chi connectivity index (χ2v) is 3.53. The second-order valence-electron chi connectivity index (χ2n) is 3.09. The summed E-state index contributed by atoms with van der Waals surface area (Å²) < 4.78 is 39.1. The van der Waals surface area contributed by atoms with E-state index >= 15 is 0 Å². The lowest BCUT2D eigenvalue weighted by Gasteiger charge is -2.10. The van der Waals surface area contributed by atoms with Gasteiger partial charge in [0, 0.05) is 0 Å². The maximum absolute atomic E-state index is 11.8. The molecule has 1 aromatic carbocycles. The molecule has 2 nitrogen and oxygen atoms in total. The summed E-state index contributed by atoms with van der Waals surface area (Å²) in [7, 11) is 0. The minimum Gasteiger partial charge on any atom is -0.406 e. The molecule has 0 aliphatic carbocycles. The maximum Gasteiger partial charge on any atom is 0.573 e.